The summed E-state index contributed by atoms with van der Waals surface area (Å²) in [6.07, 6.45) is 0.910. The molecule has 0 spiro atoms. The number of nitrogens with zero attached hydrogens (tertiary/aromatic N) is 1. The van der Waals surface area contributed by atoms with E-state index in [4.69, 9.17) is 0 Å². The van der Waals surface area contributed by atoms with E-state index >= 15 is 0 Å². The third kappa shape index (κ3) is 3.81. The zero-order valence-corrected chi connectivity index (χ0v) is 10.9. The van der Waals surface area contributed by atoms with E-state index in [9.17, 15) is 4.79 Å². The van der Waals surface area contributed by atoms with Gasteiger partial charge in [-0.2, -0.15) is 0 Å². The molecule has 2 rings (SSSR count). The number of carbonyl (C=O) groups is 1. The van der Waals surface area contributed by atoms with E-state index in [2.05, 4.69) is 15.6 Å². The summed E-state index contributed by atoms with van der Waals surface area (Å²) in [4.78, 5) is 16.1. The van der Waals surface area contributed by atoms with Crippen LogP contribution in [0.1, 0.15) is 23.8 Å². The highest BCUT2D eigenvalue weighted by Crippen LogP contribution is 2.13. The van der Waals surface area contributed by atoms with Crippen LogP contribution in [-0.2, 0) is 0 Å². The van der Waals surface area contributed by atoms with E-state index in [1.165, 1.54) is 0 Å². The highest BCUT2D eigenvalue weighted by atomic mass is 16.1. The minimum atomic E-state index is -0.140. The first-order chi connectivity index (χ1) is 9.29. The van der Waals surface area contributed by atoms with E-state index in [-0.39, 0.29) is 5.91 Å². The van der Waals surface area contributed by atoms with Gasteiger partial charge in [0.25, 0.3) is 5.91 Å². The summed E-state index contributed by atoms with van der Waals surface area (Å²) in [7, 11) is 0. The molecule has 1 amide bonds. The number of anilines is 2. The van der Waals surface area contributed by atoms with Gasteiger partial charge in [-0.3, -0.25) is 4.79 Å². The van der Waals surface area contributed by atoms with Crippen LogP contribution in [0.25, 0.3) is 0 Å². The molecule has 0 aliphatic heterocycles. The third-order valence-corrected chi connectivity index (χ3v) is 2.56. The summed E-state index contributed by atoms with van der Waals surface area (Å²) in [6.45, 7) is 2.68. The number of pyridine rings is 1. The van der Waals surface area contributed by atoms with Gasteiger partial charge in [0.15, 0.2) is 0 Å². The van der Waals surface area contributed by atoms with E-state index in [1.807, 2.05) is 49.4 Å². The monoisotopic (exact) mass is 255 g/mol. The molecule has 0 radical (unpaired) electrons. The van der Waals surface area contributed by atoms with E-state index in [1.54, 1.807) is 6.07 Å². The molecule has 98 valence electrons. The smallest absolute Gasteiger partial charge is 0.269 e. The van der Waals surface area contributed by atoms with Crippen molar-refractivity contribution in [3.8, 4) is 0 Å². The Morgan fingerprint density at radius 1 is 1.11 bits per heavy atom. The molecule has 2 aromatic rings. The highest BCUT2D eigenvalue weighted by Gasteiger charge is 2.06. The standard InChI is InChI=1S/C15H17N3O/c1-2-11-16-15(19)13-9-6-10-14(18-13)17-12-7-4-3-5-8-12/h3-10H,2,11H2,1H3,(H,16,19)(H,17,18). The fourth-order valence-electron chi connectivity index (χ4n) is 1.63. The average molecular weight is 255 g/mol. The predicted molar refractivity (Wildman–Crippen MR) is 76.6 cm³/mol. The Morgan fingerprint density at radius 2 is 1.89 bits per heavy atom. The van der Waals surface area contributed by atoms with Crippen LogP contribution in [0.2, 0.25) is 0 Å². The van der Waals surface area contributed by atoms with Crippen molar-refractivity contribution in [3.05, 3.63) is 54.2 Å². The van der Waals surface area contributed by atoms with Crippen LogP contribution in [0.15, 0.2) is 48.5 Å². The predicted octanol–water partition coefficient (Wildman–Crippen LogP) is 2.97. The normalized spacial score (nSPS) is 9.95. The molecule has 0 saturated heterocycles. The molecular weight excluding hydrogens is 238 g/mol. The van der Waals surface area contributed by atoms with Crippen molar-refractivity contribution in [2.75, 3.05) is 11.9 Å². The summed E-state index contributed by atoms with van der Waals surface area (Å²) in [5.41, 5.74) is 1.37. The number of para-hydroxylation sites is 1. The molecule has 1 heterocycles. The zero-order chi connectivity index (χ0) is 13.5. The molecule has 2 N–H and O–H groups in total. The quantitative estimate of drug-likeness (QED) is 0.863. The highest BCUT2D eigenvalue weighted by molar-refractivity contribution is 5.92. The van der Waals surface area contributed by atoms with Crippen LogP contribution in [-0.4, -0.2) is 17.4 Å². The van der Waals surface area contributed by atoms with Crippen molar-refractivity contribution >= 4 is 17.4 Å². The van der Waals surface area contributed by atoms with E-state index in [0.29, 0.717) is 18.1 Å². The van der Waals surface area contributed by atoms with E-state index < -0.39 is 0 Å². The second-order valence-electron chi connectivity index (χ2n) is 4.15. The number of nitrogens with one attached hydrogen (secondary N) is 2. The van der Waals surface area contributed by atoms with E-state index in [0.717, 1.165) is 12.1 Å². The maximum absolute atomic E-state index is 11.8. The van der Waals surface area contributed by atoms with Gasteiger partial charge in [-0.05, 0) is 30.7 Å². The second-order valence-corrected chi connectivity index (χ2v) is 4.15. The number of benzene rings is 1. The number of carbonyl (C=O) groups excluding carboxylic acids is 1. The first-order valence-corrected chi connectivity index (χ1v) is 6.37. The summed E-state index contributed by atoms with van der Waals surface area (Å²) in [5, 5.41) is 5.97. The summed E-state index contributed by atoms with van der Waals surface area (Å²) < 4.78 is 0. The minimum absolute atomic E-state index is 0.140. The summed E-state index contributed by atoms with van der Waals surface area (Å²) in [5.74, 6) is 0.522. The van der Waals surface area contributed by atoms with Crippen LogP contribution in [0, 0.1) is 0 Å². The topological polar surface area (TPSA) is 54.0 Å². The Bertz CT molecular complexity index is 540. The summed E-state index contributed by atoms with van der Waals surface area (Å²) in [6, 6.07) is 15.1. The molecule has 4 nitrogen and oxygen atoms in total. The third-order valence-electron chi connectivity index (χ3n) is 2.56. The van der Waals surface area contributed by atoms with Gasteiger partial charge in [-0.15, -0.1) is 0 Å². The van der Waals surface area contributed by atoms with Crippen molar-refractivity contribution in [2.45, 2.75) is 13.3 Å². The molecule has 0 unspecified atom stereocenters. The maximum atomic E-state index is 11.8. The van der Waals surface area contributed by atoms with Crippen LogP contribution in [0.5, 0.6) is 0 Å². The van der Waals surface area contributed by atoms with Gasteiger partial charge in [-0.1, -0.05) is 31.2 Å². The Labute approximate surface area is 112 Å². The molecule has 4 heteroatoms. The number of rotatable bonds is 5. The zero-order valence-electron chi connectivity index (χ0n) is 10.9. The van der Waals surface area contributed by atoms with Crippen molar-refractivity contribution < 1.29 is 4.79 Å². The SMILES string of the molecule is CCCNC(=O)c1cccc(Nc2ccccc2)n1. The Kier molecular flexibility index (Phi) is 4.50. The average Bonchev–Trinajstić information content (AvgIpc) is 2.46. The molecule has 0 aliphatic carbocycles. The fourth-order valence-corrected chi connectivity index (χ4v) is 1.63. The molecule has 0 saturated carbocycles. The van der Waals surface area contributed by atoms with Crippen LogP contribution in [0.4, 0.5) is 11.5 Å². The Hall–Kier alpha value is -2.36. The second kappa shape index (κ2) is 6.54. The van der Waals surface area contributed by atoms with Crippen molar-refractivity contribution in [1.82, 2.24) is 10.3 Å². The molecule has 0 bridgehead atoms. The van der Waals surface area contributed by atoms with Crippen LogP contribution in [0.3, 0.4) is 0 Å². The van der Waals surface area contributed by atoms with Gasteiger partial charge in [-0.25, -0.2) is 4.98 Å². The Morgan fingerprint density at radius 3 is 2.63 bits per heavy atom. The number of hydrogen-bond donors (Lipinski definition) is 2. The van der Waals surface area contributed by atoms with Gasteiger partial charge >= 0.3 is 0 Å². The van der Waals surface area contributed by atoms with Gasteiger partial charge in [0.2, 0.25) is 0 Å². The molecule has 0 aliphatic rings. The van der Waals surface area contributed by atoms with Gasteiger partial charge in [0.05, 0.1) is 0 Å². The first-order valence-electron chi connectivity index (χ1n) is 6.37. The van der Waals surface area contributed by atoms with Crippen LogP contribution >= 0.6 is 0 Å². The first kappa shape index (κ1) is 13.1. The van der Waals surface area contributed by atoms with Crippen LogP contribution < -0.4 is 10.6 Å². The lowest BCUT2D eigenvalue weighted by Crippen LogP contribution is -2.25. The minimum Gasteiger partial charge on any atom is -0.351 e. The lowest BCUT2D eigenvalue weighted by atomic mass is 10.3. The lowest BCUT2D eigenvalue weighted by Gasteiger charge is -2.07. The fraction of sp³-hybridized carbons (Fsp3) is 0.200. The van der Waals surface area contributed by atoms with Crippen molar-refractivity contribution in [3.63, 3.8) is 0 Å². The van der Waals surface area contributed by atoms with Gasteiger partial charge in [0, 0.05) is 12.2 Å². The number of amides is 1. The van der Waals surface area contributed by atoms with Gasteiger partial charge in [0.1, 0.15) is 11.5 Å². The molecule has 1 aromatic carbocycles. The largest absolute Gasteiger partial charge is 0.351 e. The number of hydrogen-bond acceptors (Lipinski definition) is 3. The van der Waals surface area contributed by atoms with Crippen molar-refractivity contribution in [1.29, 1.82) is 0 Å². The molecule has 0 fully saturated rings. The summed E-state index contributed by atoms with van der Waals surface area (Å²) >= 11 is 0. The maximum Gasteiger partial charge on any atom is 0.269 e. The Balaban J connectivity index is 2.09. The van der Waals surface area contributed by atoms with Gasteiger partial charge < -0.3 is 10.6 Å². The molecule has 19 heavy (non-hydrogen) atoms. The molecule has 1 aromatic heterocycles. The molecular formula is C15H17N3O. The number of aromatic nitrogens is 1. The molecule has 0 atom stereocenters. The van der Waals surface area contributed by atoms with Crippen molar-refractivity contribution in [2.24, 2.45) is 0 Å². The lowest BCUT2D eigenvalue weighted by molar-refractivity contribution is 0.0949.